The number of carbonyl (C=O) groups is 2. The largest absolute Gasteiger partial charge is 0.481 e. The van der Waals surface area contributed by atoms with Crippen molar-refractivity contribution in [2.24, 2.45) is 5.92 Å². The van der Waals surface area contributed by atoms with Gasteiger partial charge in [0.2, 0.25) is 0 Å². The number of nitrogens with zero attached hydrogens (tertiary/aromatic N) is 1. The quantitative estimate of drug-likeness (QED) is 0.779. The highest BCUT2D eigenvalue weighted by molar-refractivity contribution is 5.82. The summed E-state index contributed by atoms with van der Waals surface area (Å²) in [6.45, 7) is 2.95. The summed E-state index contributed by atoms with van der Waals surface area (Å²) in [5, 5.41) is 9.02. The van der Waals surface area contributed by atoms with Gasteiger partial charge in [0.15, 0.2) is 0 Å². The van der Waals surface area contributed by atoms with E-state index in [1.165, 1.54) is 0 Å². The van der Waals surface area contributed by atoms with Gasteiger partial charge in [-0.3, -0.25) is 9.59 Å². The predicted molar refractivity (Wildman–Crippen MR) is 60.5 cm³/mol. The summed E-state index contributed by atoms with van der Waals surface area (Å²) in [5.74, 6) is -1.25. The van der Waals surface area contributed by atoms with E-state index in [9.17, 15) is 9.59 Å². The van der Waals surface area contributed by atoms with Gasteiger partial charge in [0, 0.05) is 19.2 Å². The zero-order chi connectivity index (χ0) is 12.4. The minimum absolute atomic E-state index is 0.0269. The van der Waals surface area contributed by atoms with Crippen molar-refractivity contribution in [3.8, 4) is 0 Å². The van der Waals surface area contributed by atoms with E-state index in [1.54, 1.807) is 4.90 Å². The third-order valence-corrected chi connectivity index (χ3v) is 3.72. The third-order valence-electron chi connectivity index (χ3n) is 3.72. The minimum atomic E-state index is -0.804. The highest BCUT2D eigenvalue weighted by Crippen LogP contribution is 2.25. The number of aliphatic carboxylic acids is 1. The molecule has 2 unspecified atom stereocenters. The van der Waals surface area contributed by atoms with Gasteiger partial charge in [-0.25, -0.2) is 0 Å². The molecular weight excluding hydrogens is 222 g/mol. The summed E-state index contributed by atoms with van der Waals surface area (Å²) < 4.78 is 5.37. The molecule has 3 atom stereocenters. The normalized spacial score (nSPS) is 33.7. The van der Waals surface area contributed by atoms with E-state index in [1.807, 2.05) is 6.92 Å². The first-order chi connectivity index (χ1) is 8.09. The van der Waals surface area contributed by atoms with E-state index < -0.39 is 11.9 Å². The fourth-order valence-corrected chi connectivity index (χ4v) is 2.57. The molecule has 0 aliphatic carbocycles. The summed E-state index contributed by atoms with van der Waals surface area (Å²) in [7, 11) is 0. The number of rotatable bonds is 2. The molecule has 2 fully saturated rings. The van der Waals surface area contributed by atoms with Crippen LogP contribution < -0.4 is 0 Å². The molecule has 0 bridgehead atoms. The molecular formula is C12H19NO4. The number of hydrogen-bond donors (Lipinski definition) is 1. The second kappa shape index (κ2) is 5.04. The number of carboxylic acid groups (broad SMARTS) is 1. The summed E-state index contributed by atoms with van der Waals surface area (Å²) in [6, 6.07) is 0.127. The van der Waals surface area contributed by atoms with Gasteiger partial charge in [0.05, 0.1) is 5.92 Å². The lowest BCUT2D eigenvalue weighted by molar-refractivity contribution is -0.151. The molecule has 17 heavy (non-hydrogen) atoms. The SMILES string of the molecule is CC1CCC(C(=O)O)CN1C(=O)[C@@H]1CCCO1. The van der Waals surface area contributed by atoms with Crippen LogP contribution in [0.1, 0.15) is 32.6 Å². The third kappa shape index (κ3) is 2.60. The highest BCUT2D eigenvalue weighted by atomic mass is 16.5. The summed E-state index contributed by atoms with van der Waals surface area (Å²) in [5.41, 5.74) is 0. The lowest BCUT2D eigenvalue weighted by Gasteiger charge is -2.37. The molecule has 1 N–H and O–H groups in total. The maximum absolute atomic E-state index is 12.2. The van der Waals surface area contributed by atoms with Crippen molar-refractivity contribution in [2.45, 2.75) is 44.8 Å². The molecule has 2 saturated heterocycles. The number of hydrogen-bond acceptors (Lipinski definition) is 3. The first-order valence-corrected chi connectivity index (χ1v) is 6.24. The molecule has 2 rings (SSSR count). The van der Waals surface area contributed by atoms with Crippen molar-refractivity contribution in [2.75, 3.05) is 13.2 Å². The first-order valence-electron chi connectivity index (χ1n) is 6.24. The lowest BCUT2D eigenvalue weighted by Crippen LogP contribution is -2.50. The average Bonchev–Trinajstić information content (AvgIpc) is 2.81. The second-order valence-corrected chi connectivity index (χ2v) is 4.95. The topological polar surface area (TPSA) is 66.8 Å². The van der Waals surface area contributed by atoms with E-state index in [0.717, 1.165) is 19.3 Å². The molecule has 2 aliphatic heterocycles. The van der Waals surface area contributed by atoms with Crippen LogP contribution in [-0.4, -0.2) is 47.2 Å². The van der Waals surface area contributed by atoms with E-state index in [4.69, 9.17) is 9.84 Å². The Balaban J connectivity index is 2.01. The van der Waals surface area contributed by atoms with Crippen molar-refractivity contribution >= 4 is 11.9 Å². The Hall–Kier alpha value is -1.10. The van der Waals surface area contributed by atoms with Gasteiger partial charge in [-0.1, -0.05) is 0 Å². The average molecular weight is 241 g/mol. The Morgan fingerprint density at radius 1 is 1.29 bits per heavy atom. The first kappa shape index (κ1) is 12.4. The smallest absolute Gasteiger partial charge is 0.308 e. The monoisotopic (exact) mass is 241 g/mol. The van der Waals surface area contributed by atoms with Crippen LogP contribution in [0.3, 0.4) is 0 Å². The number of carboxylic acids is 1. The number of carbonyl (C=O) groups excluding carboxylic acids is 1. The molecule has 2 aliphatic rings. The van der Waals surface area contributed by atoms with Crippen LogP contribution in [0.25, 0.3) is 0 Å². The summed E-state index contributed by atoms with van der Waals surface area (Å²) in [6.07, 6.45) is 2.76. The van der Waals surface area contributed by atoms with Gasteiger partial charge in [-0.15, -0.1) is 0 Å². The van der Waals surface area contributed by atoms with Crippen molar-refractivity contribution in [3.63, 3.8) is 0 Å². The Kier molecular flexibility index (Phi) is 3.66. The number of ether oxygens (including phenoxy) is 1. The maximum Gasteiger partial charge on any atom is 0.308 e. The molecule has 96 valence electrons. The molecule has 5 heteroatoms. The van der Waals surface area contributed by atoms with Crippen molar-refractivity contribution < 1.29 is 19.4 Å². The Labute approximate surface area is 101 Å². The molecule has 0 radical (unpaired) electrons. The zero-order valence-corrected chi connectivity index (χ0v) is 10.1. The van der Waals surface area contributed by atoms with E-state index in [2.05, 4.69) is 0 Å². The molecule has 5 nitrogen and oxygen atoms in total. The Morgan fingerprint density at radius 2 is 2.06 bits per heavy atom. The number of likely N-dealkylation sites (tertiary alicyclic amines) is 1. The Bertz CT molecular complexity index is 312. The fourth-order valence-electron chi connectivity index (χ4n) is 2.57. The predicted octanol–water partition coefficient (Wildman–Crippen LogP) is 0.877. The lowest BCUT2D eigenvalue weighted by atomic mass is 9.93. The minimum Gasteiger partial charge on any atom is -0.481 e. The number of piperidine rings is 1. The van der Waals surface area contributed by atoms with Crippen LogP contribution in [-0.2, 0) is 14.3 Å². The highest BCUT2D eigenvalue weighted by Gasteiger charge is 2.36. The van der Waals surface area contributed by atoms with Crippen LogP contribution in [0.5, 0.6) is 0 Å². The van der Waals surface area contributed by atoms with Crippen LogP contribution in [0, 0.1) is 5.92 Å². The van der Waals surface area contributed by atoms with Gasteiger partial charge >= 0.3 is 5.97 Å². The number of amides is 1. The van der Waals surface area contributed by atoms with E-state index in [-0.39, 0.29) is 18.1 Å². The standard InChI is InChI=1S/C12H19NO4/c1-8-4-5-9(12(15)16)7-13(8)11(14)10-3-2-6-17-10/h8-10H,2-7H2,1H3,(H,15,16)/t8?,9?,10-/m0/s1. The molecule has 2 heterocycles. The van der Waals surface area contributed by atoms with E-state index in [0.29, 0.717) is 19.6 Å². The van der Waals surface area contributed by atoms with E-state index >= 15 is 0 Å². The summed E-state index contributed by atoms with van der Waals surface area (Å²) in [4.78, 5) is 24.9. The fraction of sp³-hybridized carbons (Fsp3) is 0.833. The van der Waals surface area contributed by atoms with Crippen LogP contribution in [0.15, 0.2) is 0 Å². The zero-order valence-electron chi connectivity index (χ0n) is 10.1. The molecule has 0 saturated carbocycles. The summed E-state index contributed by atoms with van der Waals surface area (Å²) >= 11 is 0. The Morgan fingerprint density at radius 3 is 2.65 bits per heavy atom. The van der Waals surface area contributed by atoms with Crippen LogP contribution in [0.4, 0.5) is 0 Å². The van der Waals surface area contributed by atoms with Crippen molar-refractivity contribution in [1.29, 1.82) is 0 Å². The second-order valence-electron chi connectivity index (χ2n) is 4.95. The molecule has 0 aromatic rings. The maximum atomic E-state index is 12.2. The van der Waals surface area contributed by atoms with Gasteiger partial charge in [0.1, 0.15) is 6.10 Å². The van der Waals surface area contributed by atoms with Crippen molar-refractivity contribution in [3.05, 3.63) is 0 Å². The van der Waals surface area contributed by atoms with Gasteiger partial charge < -0.3 is 14.7 Å². The van der Waals surface area contributed by atoms with Gasteiger partial charge in [-0.2, -0.15) is 0 Å². The molecule has 1 amide bonds. The molecule has 0 aromatic heterocycles. The molecule has 0 spiro atoms. The van der Waals surface area contributed by atoms with Gasteiger partial charge in [-0.05, 0) is 32.6 Å². The van der Waals surface area contributed by atoms with Gasteiger partial charge in [0.25, 0.3) is 5.91 Å². The van der Waals surface area contributed by atoms with Crippen LogP contribution >= 0.6 is 0 Å². The molecule has 0 aromatic carbocycles. The van der Waals surface area contributed by atoms with Crippen LogP contribution in [0.2, 0.25) is 0 Å². The van der Waals surface area contributed by atoms with Crippen molar-refractivity contribution in [1.82, 2.24) is 4.90 Å².